The molecule has 2 heterocycles. The van der Waals surface area contributed by atoms with E-state index in [0.717, 1.165) is 5.56 Å². The third kappa shape index (κ3) is 3.19. The third-order valence-corrected chi connectivity index (χ3v) is 3.56. The van der Waals surface area contributed by atoms with Gasteiger partial charge in [-0.3, -0.25) is 9.78 Å². The zero-order chi connectivity index (χ0) is 12.3. The van der Waals surface area contributed by atoms with E-state index in [0.29, 0.717) is 20.8 Å². The van der Waals surface area contributed by atoms with Crippen LogP contribution in [0.3, 0.4) is 0 Å². The minimum Gasteiger partial charge on any atom is -0.348 e. The number of thiophene rings is 1. The Bertz CT molecular complexity index is 528. The summed E-state index contributed by atoms with van der Waals surface area (Å²) in [5.74, 6) is -0.234. The molecule has 0 bridgehead atoms. The van der Waals surface area contributed by atoms with Gasteiger partial charge in [0.2, 0.25) is 0 Å². The van der Waals surface area contributed by atoms with Gasteiger partial charge in [-0.05, 0) is 17.7 Å². The number of hydrogen-bond donors (Lipinski definition) is 1. The van der Waals surface area contributed by atoms with Crippen molar-refractivity contribution < 1.29 is 4.79 Å². The molecule has 0 aliphatic heterocycles. The molecule has 0 saturated carbocycles. The lowest BCUT2D eigenvalue weighted by molar-refractivity contribution is 0.0951. The van der Waals surface area contributed by atoms with Gasteiger partial charge in [0.25, 0.3) is 5.91 Å². The molecule has 3 nitrogen and oxygen atoms in total. The number of hydrogen-bond acceptors (Lipinski definition) is 3. The molecule has 17 heavy (non-hydrogen) atoms. The highest BCUT2D eigenvalue weighted by Gasteiger charge is 2.13. The Morgan fingerprint density at radius 1 is 1.47 bits per heavy atom. The molecule has 0 saturated heterocycles. The lowest BCUT2D eigenvalue weighted by Crippen LogP contribution is -2.22. The van der Waals surface area contributed by atoms with Gasteiger partial charge < -0.3 is 5.32 Å². The van der Waals surface area contributed by atoms with E-state index in [2.05, 4.69) is 10.3 Å². The SMILES string of the molecule is O=C(NCc1cccnc1)c1cc(Cl)sc1Cl. The van der Waals surface area contributed by atoms with E-state index < -0.39 is 0 Å². The Hall–Kier alpha value is -1.10. The summed E-state index contributed by atoms with van der Waals surface area (Å²) in [4.78, 5) is 15.7. The number of aromatic nitrogens is 1. The van der Waals surface area contributed by atoms with Crippen molar-refractivity contribution in [2.75, 3.05) is 0 Å². The summed E-state index contributed by atoms with van der Waals surface area (Å²) in [7, 11) is 0. The first-order valence-electron chi connectivity index (χ1n) is 4.79. The van der Waals surface area contributed by atoms with E-state index >= 15 is 0 Å². The predicted molar refractivity (Wildman–Crippen MR) is 69.7 cm³/mol. The van der Waals surface area contributed by atoms with Crippen LogP contribution in [0, 0.1) is 0 Å². The molecule has 2 aromatic rings. The van der Waals surface area contributed by atoms with Crippen LogP contribution in [0.15, 0.2) is 30.6 Å². The van der Waals surface area contributed by atoms with Crippen molar-refractivity contribution >= 4 is 40.4 Å². The molecule has 0 fully saturated rings. The maximum absolute atomic E-state index is 11.8. The van der Waals surface area contributed by atoms with E-state index in [1.165, 1.54) is 11.3 Å². The summed E-state index contributed by atoms with van der Waals surface area (Å²) in [6, 6.07) is 5.26. The van der Waals surface area contributed by atoms with Gasteiger partial charge in [0.05, 0.1) is 9.90 Å². The minimum atomic E-state index is -0.234. The number of nitrogens with one attached hydrogen (secondary N) is 1. The van der Waals surface area contributed by atoms with Crippen molar-refractivity contribution in [3.8, 4) is 0 Å². The summed E-state index contributed by atoms with van der Waals surface area (Å²) in [6.07, 6.45) is 3.38. The van der Waals surface area contributed by atoms with Crippen molar-refractivity contribution in [1.82, 2.24) is 10.3 Å². The van der Waals surface area contributed by atoms with Crippen LogP contribution < -0.4 is 5.32 Å². The molecule has 2 aromatic heterocycles. The summed E-state index contributed by atoms with van der Waals surface area (Å²) in [5, 5.41) is 2.75. The van der Waals surface area contributed by atoms with Gasteiger partial charge >= 0.3 is 0 Å². The molecule has 1 amide bonds. The number of pyridine rings is 1. The van der Waals surface area contributed by atoms with Gasteiger partial charge in [0.15, 0.2) is 0 Å². The highest BCUT2D eigenvalue weighted by molar-refractivity contribution is 7.20. The van der Waals surface area contributed by atoms with E-state index in [1.807, 2.05) is 12.1 Å². The van der Waals surface area contributed by atoms with Crippen molar-refractivity contribution in [1.29, 1.82) is 0 Å². The van der Waals surface area contributed by atoms with E-state index in [4.69, 9.17) is 23.2 Å². The fraction of sp³-hybridized carbons (Fsp3) is 0.0909. The molecular weight excluding hydrogens is 279 g/mol. The minimum absolute atomic E-state index is 0.234. The Balaban J connectivity index is 2.01. The smallest absolute Gasteiger partial charge is 0.253 e. The van der Waals surface area contributed by atoms with Crippen LogP contribution in [-0.4, -0.2) is 10.9 Å². The molecular formula is C11H8Cl2N2OS. The molecule has 1 N–H and O–H groups in total. The summed E-state index contributed by atoms with van der Waals surface area (Å²) in [6.45, 7) is 0.413. The second-order valence-corrected chi connectivity index (χ2v) is 5.57. The number of amides is 1. The van der Waals surface area contributed by atoms with Gasteiger partial charge in [0.1, 0.15) is 4.34 Å². The van der Waals surface area contributed by atoms with Crippen molar-refractivity contribution in [3.05, 3.63) is 50.4 Å². The quantitative estimate of drug-likeness (QED) is 0.940. The average Bonchev–Trinajstić information content (AvgIpc) is 2.67. The monoisotopic (exact) mass is 286 g/mol. The summed E-state index contributed by atoms with van der Waals surface area (Å²) < 4.78 is 0.903. The number of nitrogens with zero attached hydrogens (tertiary/aromatic N) is 1. The Morgan fingerprint density at radius 3 is 2.88 bits per heavy atom. The van der Waals surface area contributed by atoms with Gasteiger partial charge in [-0.15, -0.1) is 11.3 Å². The lowest BCUT2D eigenvalue weighted by Gasteiger charge is -2.03. The van der Waals surface area contributed by atoms with Crippen LogP contribution in [0.4, 0.5) is 0 Å². The normalized spacial score (nSPS) is 10.2. The van der Waals surface area contributed by atoms with Crippen LogP contribution in [-0.2, 0) is 6.54 Å². The molecule has 2 rings (SSSR count). The van der Waals surface area contributed by atoms with Crippen molar-refractivity contribution in [2.24, 2.45) is 0 Å². The Kier molecular flexibility index (Phi) is 3.99. The number of halogens is 2. The first kappa shape index (κ1) is 12.4. The van der Waals surface area contributed by atoms with Crippen molar-refractivity contribution in [3.63, 3.8) is 0 Å². The molecule has 0 aromatic carbocycles. The van der Waals surface area contributed by atoms with Crippen LogP contribution in [0.25, 0.3) is 0 Å². The highest BCUT2D eigenvalue weighted by atomic mass is 35.5. The largest absolute Gasteiger partial charge is 0.348 e. The van der Waals surface area contributed by atoms with Gasteiger partial charge in [-0.1, -0.05) is 29.3 Å². The first-order chi connectivity index (χ1) is 8.16. The number of carbonyl (C=O) groups excluding carboxylic acids is 1. The number of carbonyl (C=O) groups is 1. The maximum Gasteiger partial charge on any atom is 0.253 e. The topological polar surface area (TPSA) is 42.0 Å². The van der Waals surface area contributed by atoms with Crippen LogP contribution in [0.5, 0.6) is 0 Å². The zero-order valence-corrected chi connectivity index (χ0v) is 10.9. The maximum atomic E-state index is 11.8. The van der Waals surface area contributed by atoms with E-state index in [1.54, 1.807) is 18.5 Å². The van der Waals surface area contributed by atoms with Gasteiger partial charge in [0, 0.05) is 18.9 Å². The molecule has 0 aliphatic carbocycles. The molecule has 88 valence electrons. The molecule has 0 radical (unpaired) electrons. The molecule has 0 aliphatic rings. The lowest BCUT2D eigenvalue weighted by atomic mass is 10.2. The van der Waals surface area contributed by atoms with Crippen molar-refractivity contribution in [2.45, 2.75) is 6.54 Å². The Labute approximate surface area is 112 Å². The fourth-order valence-electron chi connectivity index (χ4n) is 1.28. The van der Waals surface area contributed by atoms with Crippen LogP contribution in [0.1, 0.15) is 15.9 Å². The van der Waals surface area contributed by atoms with Gasteiger partial charge in [-0.25, -0.2) is 0 Å². The average molecular weight is 287 g/mol. The highest BCUT2D eigenvalue weighted by Crippen LogP contribution is 2.30. The standard InChI is InChI=1S/C11H8Cl2N2OS/c12-9-4-8(10(13)17-9)11(16)15-6-7-2-1-3-14-5-7/h1-5H,6H2,(H,15,16). The zero-order valence-electron chi connectivity index (χ0n) is 8.61. The molecule has 6 heteroatoms. The third-order valence-electron chi connectivity index (χ3n) is 2.08. The van der Waals surface area contributed by atoms with Crippen LogP contribution in [0.2, 0.25) is 8.67 Å². The molecule has 0 spiro atoms. The van der Waals surface area contributed by atoms with E-state index in [9.17, 15) is 4.79 Å². The summed E-state index contributed by atoms with van der Waals surface area (Å²) >= 11 is 12.8. The summed E-state index contributed by atoms with van der Waals surface area (Å²) in [5.41, 5.74) is 1.34. The fourth-order valence-corrected chi connectivity index (χ4v) is 2.73. The second-order valence-electron chi connectivity index (χ2n) is 3.28. The molecule has 0 atom stereocenters. The second kappa shape index (κ2) is 5.49. The Morgan fingerprint density at radius 2 is 2.29 bits per heavy atom. The first-order valence-corrected chi connectivity index (χ1v) is 6.36. The predicted octanol–water partition coefficient (Wildman–Crippen LogP) is 3.38. The van der Waals surface area contributed by atoms with E-state index in [-0.39, 0.29) is 5.91 Å². The van der Waals surface area contributed by atoms with Crippen LogP contribution >= 0.6 is 34.5 Å². The number of rotatable bonds is 3. The van der Waals surface area contributed by atoms with Gasteiger partial charge in [-0.2, -0.15) is 0 Å². The molecule has 0 unspecified atom stereocenters.